The monoisotopic (exact) mass is 384 g/mol. The molecular formula is C18H16N4S3. The Balaban J connectivity index is 1.67. The molecule has 0 bridgehead atoms. The van der Waals surface area contributed by atoms with Crippen LogP contribution in [0.5, 0.6) is 0 Å². The van der Waals surface area contributed by atoms with E-state index >= 15 is 0 Å². The first kappa shape index (κ1) is 16.6. The molecule has 0 unspecified atom stereocenters. The lowest BCUT2D eigenvalue weighted by Gasteiger charge is -2.04. The van der Waals surface area contributed by atoms with Crippen molar-refractivity contribution in [3.05, 3.63) is 60.4 Å². The maximum atomic E-state index is 4.84. The van der Waals surface area contributed by atoms with Crippen molar-refractivity contribution in [2.45, 2.75) is 21.4 Å². The Morgan fingerprint density at radius 1 is 0.960 bits per heavy atom. The molecule has 4 rings (SSSR count). The lowest BCUT2D eigenvalue weighted by Crippen LogP contribution is -1.92. The summed E-state index contributed by atoms with van der Waals surface area (Å²) in [5, 5.41) is 8.53. The Kier molecular flexibility index (Phi) is 5.05. The minimum Gasteiger partial charge on any atom is -0.303 e. The van der Waals surface area contributed by atoms with Gasteiger partial charge in [0.2, 0.25) is 0 Å². The maximum Gasteiger partial charge on any atom is 0.175 e. The quantitative estimate of drug-likeness (QED) is 0.424. The summed E-state index contributed by atoms with van der Waals surface area (Å²) in [7, 11) is 0. The van der Waals surface area contributed by atoms with Gasteiger partial charge in [-0.15, -0.1) is 10.2 Å². The van der Waals surface area contributed by atoms with E-state index in [4.69, 9.17) is 4.98 Å². The molecule has 0 aliphatic rings. The smallest absolute Gasteiger partial charge is 0.175 e. The van der Waals surface area contributed by atoms with Gasteiger partial charge < -0.3 is 4.40 Å². The van der Waals surface area contributed by atoms with Crippen LogP contribution in [-0.2, 0) is 5.75 Å². The van der Waals surface area contributed by atoms with E-state index in [9.17, 15) is 0 Å². The summed E-state index contributed by atoms with van der Waals surface area (Å²) >= 11 is 5.12. The second-order valence-corrected chi connectivity index (χ2v) is 8.97. The van der Waals surface area contributed by atoms with Crippen LogP contribution in [0, 0.1) is 0 Å². The lowest BCUT2D eigenvalue weighted by atomic mass is 10.1. The van der Waals surface area contributed by atoms with Gasteiger partial charge in [0.25, 0.3) is 0 Å². The van der Waals surface area contributed by atoms with E-state index in [1.165, 1.54) is 5.69 Å². The third-order valence-corrected chi connectivity index (χ3v) is 6.75. The van der Waals surface area contributed by atoms with Crippen LogP contribution in [0.15, 0.2) is 63.4 Å². The van der Waals surface area contributed by atoms with Gasteiger partial charge in [0.05, 0.1) is 11.4 Å². The van der Waals surface area contributed by atoms with Crippen LogP contribution in [0.1, 0.15) is 12.6 Å². The molecule has 0 aliphatic heterocycles. The zero-order valence-corrected chi connectivity index (χ0v) is 16.1. The van der Waals surface area contributed by atoms with E-state index in [2.05, 4.69) is 52.0 Å². The van der Waals surface area contributed by atoms with Crippen molar-refractivity contribution in [1.29, 1.82) is 0 Å². The summed E-state index contributed by atoms with van der Waals surface area (Å²) in [4.78, 5) is 4.84. The summed E-state index contributed by atoms with van der Waals surface area (Å²) in [5.41, 5.74) is 4.33. The van der Waals surface area contributed by atoms with Crippen molar-refractivity contribution in [1.82, 2.24) is 19.6 Å². The second kappa shape index (κ2) is 7.59. The first-order valence-electron chi connectivity index (χ1n) is 7.95. The molecule has 0 fully saturated rings. The number of rotatable bonds is 6. The maximum absolute atomic E-state index is 4.84. The van der Waals surface area contributed by atoms with Gasteiger partial charge in [0, 0.05) is 17.5 Å². The normalized spacial score (nSPS) is 11.2. The van der Waals surface area contributed by atoms with Gasteiger partial charge in [0.1, 0.15) is 5.65 Å². The van der Waals surface area contributed by atoms with Crippen LogP contribution >= 0.6 is 34.9 Å². The Morgan fingerprint density at radius 3 is 2.52 bits per heavy atom. The molecule has 25 heavy (non-hydrogen) atoms. The van der Waals surface area contributed by atoms with Gasteiger partial charge in [-0.25, -0.2) is 4.98 Å². The number of fused-ring (bicyclic) bond motifs is 1. The number of benzene rings is 1. The van der Waals surface area contributed by atoms with Crippen LogP contribution < -0.4 is 0 Å². The number of imidazole rings is 1. The van der Waals surface area contributed by atoms with Crippen LogP contribution in [0.3, 0.4) is 0 Å². The number of pyridine rings is 1. The highest BCUT2D eigenvalue weighted by atomic mass is 32.2. The van der Waals surface area contributed by atoms with Crippen molar-refractivity contribution in [3.63, 3.8) is 0 Å². The topological polar surface area (TPSA) is 43.1 Å². The molecule has 0 spiro atoms. The summed E-state index contributed by atoms with van der Waals surface area (Å²) < 4.78 is 4.20. The molecule has 0 amide bonds. The fraction of sp³-hybridized carbons (Fsp3) is 0.167. The molecule has 0 saturated carbocycles. The second-order valence-electron chi connectivity index (χ2n) is 5.26. The van der Waals surface area contributed by atoms with Gasteiger partial charge in [-0.05, 0) is 17.9 Å². The van der Waals surface area contributed by atoms with E-state index in [0.717, 1.165) is 37.1 Å². The summed E-state index contributed by atoms with van der Waals surface area (Å²) in [6.45, 7) is 2.13. The highest BCUT2D eigenvalue weighted by molar-refractivity contribution is 8.02. The molecular weight excluding hydrogens is 368 g/mol. The number of nitrogens with zero attached hydrogens (tertiary/aromatic N) is 4. The predicted molar refractivity (Wildman–Crippen MR) is 106 cm³/mol. The zero-order chi connectivity index (χ0) is 17.1. The van der Waals surface area contributed by atoms with Gasteiger partial charge >= 0.3 is 0 Å². The molecule has 0 aliphatic carbocycles. The van der Waals surface area contributed by atoms with Gasteiger partial charge in [0.15, 0.2) is 8.68 Å². The standard InChI is InChI=1S/C18H16N4S3/c1-2-23-17-20-21-18(25-17)24-12-14-16(13-8-4-3-5-9-13)19-15-10-6-7-11-22(14)15/h3-11H,2,12H2,1H3. The third kappa shape index (κ3) is 3.58. The highest BCUT2D eigenvalue weighted by Gasteiger charge is 2.15. The molecule has 7 heteroatoms. The van der Waals surface area contributed by atoms with Gasteiger partial charge in [-0.3, -0.25) is 0 Å². The predicted octanol–water partition coefficient (Wildman–Crippen LogP) is 5.26. The average Bonchev–Trinajstić information content (AvgIpc) is 3.25. The molecule has 4 aromatic rings. The van der Waals surface area contributed by atoms with Crippen molar-refractivity contribution < 1.29 is 0 Å². The SMILES string of the molecule is CCSc1nnc(SCc2c(-c3ccccc3)nc3ccccn23)s1. The van der Waals surface area contributed by atoms with E-state index < -0.39 is 0 Å². The largest absolute Gasteiger partial charge is 0.303 e. The summed E-state index contributed by atoms with van der Waals surface area (Å²) in [6.07, 6.45) is 2.07. The minimum absolute atomic E-state index is 0.806. The van der Waals surface area contributed by atoms with E-state index in [1.54, 1.807) is 34.9 Å². The van der Waals surface area contributed by atoms with Crippen LogP contribution in [-0.4, -0.2) is 25.3 Å². The van der Waals surface area contributed by atoms with Crippen molar-refractivity contribution in [2.24, 2.45) is 0 Å². The fourth-order valence-corrected chi connectivity index (χ4v) is 5.51. The van der Waals surface area contributed by atoms with Gasteiger partial charge in [-0.1, -0.05) is 78.2 Å². The number of hydrogen-bond donors (Lipinski definition) is 0. The number of hydrogen-bond acceptors (Lipinski definition) is 6. The Hall–Kier alpha value is -1.83. The van der Waals surface area contributed by atoms with Crippen LogP contribution in [0.2, 0.25) is 0 Å². The van der Waals surface area contributed by atoms with E-state index in [1.807, 2.05) is 24.3 Å². The Bertz CT molecular complexity index is 978. The summed E-state index contributed by atoms with van der Waals surface area (Å²) in [5.74, 6) is 1.82. The molecule has 0 N–H and O–H groups in total. The third-order valence-electron chi connectivity index (χ3n) is 3.66. The van der Waals surface area contributed by atoms with E-state index in [0.29, 0.717) is 0 Å². The van der Waals surface area contributed by atoms with Crippen LogP contribution in [0.4, 0.5) is 0 Å². The fourth-order valence-electron chi connectivity index (χ4n) is 2.58. The molecule has 126 valence electrons. The Morgan fingerprint density at radius 2 is 1.72 bits per heavy atom. The van der Waals surface area contributed by atoms with E-state index in [-0.39, 0.29) is 0 Å². The molecule has 3 aromatic heterocycles. The Labute approximate surface area is 158 Å². The first-order chi connectivity index (χ1) is 12.3. The zero-order valence-electron chi connectivity index (χ0n) is 13.6. The lowest BCUT2D eigenvalue weighted by molar-refractivity contribution is 0.953. The minimum atomic E-state index is 0.806. The van der Waals surface area contributed by atoms with Crippen molar-refractivity contribution in [3.8, 4) is 11.3 Å². The number of thioether (sulfide) groups is 2. The van der Waals surface area contributed by atoms with Crippen molar-refractivity contribution in [2.75, 3.05) is 5.75 Å². The molecule has 3 heterocycles. The van der Waals surface area contributed by atoms with Crippen molar-refractivity contribution >= 4 is 40.5 Å². The summed E-state index contributed by atoms with van der Waals surface area (Å²) in [6, 6.07) is 16.5. The molecule has 0 saturated heterocycles. The average molecular weight is 385 g/mol. The molecule has 0 radical (unpaired) electrons. The highest BCUT2D eigenvalue weighted by Crippen LogP contribution is 2.33. The molecule has 0 atom stereocenters. The van der Waals surface area contributed by atoms with Gasteiger partial charge in [-0.2, -0.15) is 0 Å². The first-order valence-corrected chi connectivity index (χ1v) is 10.7. The molecule has 1 aromatic carbocycles. The molecule has 4 nitrogen and oxygen atoms in total. The van der Waals surface area contributed by atoms with Crippen LogP contribution in [0.25, 0.3) is 16.9 Å². The number of aromatic nitrogens is 4.